The molecular formula is C23H21BrFN3O2. The van der Waals surface area contributed by atoms with Gasteiger partial charge >= 0.3 is 0 Å². The second-order valence-corrected chi connectivity index (χ2v) is 8.61. The number of halogens is 2. The molecule has 7 heteroatoms. The normalized spacial score (nSPS) is 20.1. The van der Waals surface area contributed by atoms with Crippen molar-refractivity contribution in [3.05, 3.63) is 81.9 Å². The van der Waals surface area contributed by atoms with Crippen LogP contribution in [-0.2, 0) is 16.6 Å². The Morgan fingerprint density at radius 1 is 1.23 bits per heavy atom. The third kappa shape index (κ3) is 4.26. The van der Waals surface area contributed by atoms with E-state index in [1.165, 1.54) is 6.07 Å². The summed E-state index contributed by atoms with van der Waals surface area (Å²) in [6, 6.07) is 10.9. The zero-order valence-corrected chi connectivity index (χ0v) is 18.3. The number of carbonyl (C=O) groups is 1. The first kappa shape index (κ1) is 20.6. The van der Waals surface area contributed by atoms with Gasteiger partial charge in [-0.05, 0) is 50.1 Å². The lowest BCUT2D eigenvalue weighted by molar-refractivity contribution is -0.120. The summed E-state index contributed by atoms with van der Waals surface area (Å²) in [5, 5.41) is 0. The maximum absolute atomic E-state index is 13.1. The lowest BCUT2D eigenvalue weighted by Crippen LogP contribution is -2.24. The van der Waals surface area contributed by atoms with Crippen molar-refractivity contribution in [1.29, 1.82) is 0 Å². The molecule has 1 aliphatic rings. The van der Waals surface area contributed by atoms with Gasteiger partial charge in [0.05, 0.1) is 24.7 Å². The van der Waals surface area contributed by atoms with Crippen molar-refractivity contribution in [2.24, 2.45) is 5.92 Å². The quantitative estimate of drug-likeness (QED) is 0.508. The Morgan fingerprint density at radius 3 is 2.77 bits per heavy atom. The average molecular weight is 470 g/mol. The van der Waals surface area contributed by atoms with Gasteiger partial charge in [-0.3, -0.25) is 9.78 Å². The van der Waals surface area contributed by atoms with E-state index in [9.17, 15) is 9.18 Å². The van der Waals surface area contributed by atoms with Crippen molar-refractivity contribution >= 4 is 21.7 Å². The molecule has 1 saturated carbocycles. The molecule has 0 saturated heterocycles. The van der Waals surface area contributed by atoms with Gasteiger partial charge in [0.1, 0.15) is 17.4 Å². The van der Waals surface area contributed by atoms with Gasteiger partial charge in [-0.15, -0.1) is 0 Å². The Kier molecular flexibility index (Phi) is 5.64. The molecule has 4 rings (SSSR count). The maximum atomic E-state index is 13.1. The number of Topliss-reactive ketones (excluding diaryl/α,β-unsaturated/α-hetero) is 1. The molecule has 0 bridgehead atoms. The number of aromatic nitrogens is 3. The second-order valence-electron chi connectivity index (χ2n) is 7.69. The maximum Gasteiger partial charge on any atom is 0.158 e. The van der Waals surface area contributed by atoms with Crippen LogP contribution in [-0.4, -0.2) is 27.3 Å². The predicted octanol–water partition coefficient (Wildman–Crippen LogP) is 4.54. The van der Waals surface area contributed by atoms with Crippen molar-refractivity contribution in [2.45, 2.75) is 32.1 Å². The minimum atomic E-state index is -0.418. The Hall–Kier alpha value is -2.67. The van der Waals surface area contributed by atoms with E-state index in [0.29, 0.717) is 30.3 Å². The van der Waals surface area contributed by atoms with Gasteiger partial charge in [0.15, 0.2) is 5.75 Å². The van der Waals surface area contributed by atoms with E-state index >= 15 is 0 Å². The summed E-state index contributed by atoms with van der Waals surface area (Å²) in [7, 11) is 0. The summed E-state index contributed by atoms with van der Waals surface area (Å²) in [6.07, 6.45) is 3.68. The highest BCUT2D eigenvalue weighted by molar-refractivity contribution is 9.10. The van der Waals surface area contributed by atoms with E-state index in [2.05, 4.69) is 30.9 Å². The number of ketones is 1. The summed E-state index contributed by atoms with van der Waals surface area (Å²) in [6.45, 7) is 4.06. The first-order valence-electron chi connectivity index (χ1n) is 9.69. The Balaban J connectivity index is 1.56. The number of hydrogen-bond donors (Lipinski definition) is 0. The number of rotatable bonds is 7. The van der Waals surface area contributed by atoms with E-state index in [4.69, 9.17) is 4.74 Å². The van der Waals surface area contributed by atoms with E-state index in [-0.39, 0.29) is 18.1 Å². The molecule has 30 heavy (non-hydrogen) atoms. The number of ether oxygens (including phenoxy) is 1. The summed E-state index contributed by atoms with van der Waals surface area (Å²) in [5.74, 6) is 0.783. The van der Waals surface area contributed by atoms with Crippen LogP contribution in [0.3, 0.4) is 0 Å². The van der Waals surface area contributed by atoms with Gasteiger partial charge in [-0.2, -0.15) is 0 Å². The lowest BCUT2D eigenvalue weighted by atomic mass is 9.91. The van der Waals surface area contributed by atoms with Gasteiger partial charge in [-0.1, -0.05) is 28.1 Å². The van der Waals surface area contributed by atoms with E-state index in [1.54, 1.807) is 12.3 Å². The minimum absolute atomic E-state index is 0.0783. The summed E-state index contributed by atoms with van der Waals surface area (Å²) < 4.78 is 20.2. The van der Waals surface area contributed by atoms with Crippen LogP contribution in [0.15, 0.2) is 53.3 Å². The monoisotopic (exact) mass is 469 g/mol. The third-order valence-electron chi connectivity index (χ3n) is 5.55. The second kappa shape index (κ2) is 8.22. The molecule has 5 nitrogen and oxygen atoms in total. The minimum Gasteiger partial charge on any atom is -0.489 e. The van der Waals surface area contributed by atoms with Crippen molar-refractivity contribution in [1.82, 2.24) is 15.0 Å². The Labute approximate surface area is 182 Å². The molecule has 3 aromatic rings. The van der Waals surface area contributed by atoms with Crippen LogP contribution in [0.2, 0.25) is 0 Å². The van der Waals surface area contributed by atoms with Crippen LogP contribution >= 0.6 is 15.9 Å². The van der Waals surface area contributed by atoms with Crippen LogP contribution in [0.5, 0.6) is 5.75 Å². The standard InChI is InChI=1S/C23H21BrFN3O2/c1-14-22(12-26-15(2)28-14)30-13-23(16-4-3-5-17(24)8-16)10-20(23)21(29)9-19-7-6-18(25)11-27-19/h3-8,11-12,20H,9-10,13H2,1-2H3. The van der Waals surface area contributed by atoms with Crippen LogP contribution in [0.25, 0.3) is 0 Å². The third-order valence-corrected chi connectivity index (χ3v) is 6.04. The fraction of sp³-hybridized carbons (Fsp3) is 0.304. The Morgan fingerprint density at radius 2 is 2.07 bits per heavy atom. The van der Waals surface area contributed by atoms with Crippen LogP contribution < -0.4 is 4.74 Å². The van der Waals surface area contributed by atoms with Gasteiger partial charge in [0, 0.05) is 27.9 Å². The number of hydrogen-bond acceptors (Lipinski definition) is 5. The van der Waals surface area contributed by atoms with E-state index < -0.39 is 11.2 Å². The summed E-state index contributed by atoms with van der Waals surface area (Å²) >= 11 is 3.52. The molecule has 2 aromatic heterocycles. The Bertz CT molecular complexity index is 1090. The van der Waals surface area contributed by atoms with Gasteiger partial charge < -0.3 is 4.74 Å². The molecule has 2 unspecified atom stereocenters. The summed E-state index contributed by atoms with van der Waals surface area (Å²) in [4.78, 5) is 25.6. The number of benzene rings is 1. The van der Waals surface area contributed by atoms with E-state index in [1.807, 2.05) is 38.1 Å². The van der Waals surface area contributed by atoms with E-state index in [0.717, 1.165) is 21.9 Å². The van der Waals surface area contributed by atoms with Crippen LogP contribution in [0.4, 0.5) is 4.39 Å². The SMILES string of the molecule is Cc1ncc(OCC2(c3cccc(Br)c3)CC2C(=O)Cc2ccc(F)cn2)c(C)n1. The van der Waals surface area contributed by atoms with Crippen molar-refractivity contribution in [3.63, 3.8) is 0 Å². The predicted molar refractivity (Wildman–Crippen MR) is 114 cm³/mol. The molecule has 0 amide bonds. The van der Waals surface area contributed by atoms with Crippen molar-refractivity contribution < 1.29 is 13.9 Å². The average Bonchev–Trinajstić information content (AvgIpc) is 3.45. The fourth-order valence-electron chi connectivity index (χ4n) is 3.82. The molecule has 2 atom stereocenters. The molecule has 0 N–H and O–H groups in total. The molecule has 1 fully saturated rings. The van der Waals surface area contributed by atoms with Gasteiger partial charge in [0.2, 0.25) is 0 Å². The molecule has 1 aromatic carbocycles. The molecule has 0 spiro atoms. The zero-order chi connectivity index (χ0) is 21.3. The molecule has 0 radical (unpaired) electrons. The number of aryl methyl sites for hydroxylation is 2. The fourth-order valence-corrected chi connectivity index (χ4v) is 4.22. The molecular weight excluding hydrogens is 449 g/mol. The highest BCUT2D eigenvalue weighted by atomic mass is 79.9. The number of nitrogens with zero attached hydrogens (tertiary/aromatic N) is 3. The van der Waals surface area contributed by atoms with Gasteiger partial charge in [-0.25, -0.2) is 14.4 Å². The van der Waals surface area contributed by atoms with Crippen LogP contribution in [0, 0.1) is 25.6 Å². The number of carbonyl (C=O) groups excluding carboxylic acids is 1. The highest BCUT2D eigenvalue weighted by Crippen LogP contribution is 2.55. The largest absolute Gasteiger partial charge is 0.489 e. The summed E-state index contributed by atoms with van der Waals surface area (Å²) in [5.41, 5.74) is 1.97. The zero-order valence-electron chi connectivity index (χ0n) is 16.7. The van der Waals surface area contributed by atoms with Crippen molar-refractivity contribution in [3.8, 4) is 5.75 Å². The highest BCUT2D eigenvalue weighted by Gasteiger charge is 2.59. The van der Waals surface area contributed by atoms with Crippen LogP contribution in [0.1, 0.15) is 29.2 Å². The first-order valence-corrected chi connectivity index (χ1v) is 10.5. The molecule has 0 aliphatic heterocycles. The first-order chi connectivity index (χ1) is 14.4. The smallest absolute Gasteiger partial charge is 0.158 e. The molecule has 2 heterocycles. The lowest BCUT2D eigenvalue weighted by Gasteiger charge is -2.20. The topological polar surface area (TPSA) is 65.0 Å². The number of pyridine rings is 1. The molecule has 154 valence electrons. The van der Waals surface area contributed by atoms with Gasteiger partial charge in [0.25, 0.3) is 0 Å². The van der Waals surface area contributed by atoms with Crippen molar-refractivity contribution in [2.75, 3.05) is 6.61 Å². The molecule has 1 aliphatic carbocycles.